The Balaban J connectivity index is 2.55. The summed E-state index contributed by atoms with van der Waals surface area (Å²) in [6.07, 6.45) is -3.28. The Morgan fingerprint density at radius 2 is 1.45 bits per heavy atom. The fourth-order valence-electron chi connectivity index (χ4n) is 0.884. The summed E-state index contributed by atoms with van der Waals surface area (Å²) in [6, 6.07) is 0. The molecule has 2 atom stereocenters. The van der Waals surface area contributed by atoms with Gasteiger partial charge in [0.25, 0.3) is 0 Å². The molecule has 1 fully saturated rings. The molecule has 0 radical (unpaired) electrons. The van der Waals surface area contributed by atoms with Crippen molar-refractivity contribution in [3.8, 4) is 0 Å². The van der Waals surface area contributed by atoms with Crippen LogP contribution in [0.1, 0.15) is 0 Å². The average Bonchev–Trinajstić information content (AvgIpc) is 2.25. The maximum absolute atomic E-state index is 8.84. The molecule has 0 spiro atoms. The largest absolute Gasteiger partial charge is 0.408 e. The van der Waals surface area contributed by atoms with Crippen molar-refractivity contribution in [2.24, 2.45) is 0 Å². The van der Waals surface area contributed by atoms with Gasteiger partial charge in [0.1, 0.15) is 12.2 Å². The lowest BCUT2D eigenvalue weighted by atomic mass is 10.3. The number of hydrogen-bond donors (Lipinski definition) is 4. The standard InChI is InChI=1S/C5H10O4S2/c6-5(7)8-3(1-10)4(2-11)9-5/h3-4,6-7,10-11H,1-2H2/t3-,4-/m1/s1. The summed E-state index contributed by atoms with van der Waals surface area (Å²) in [7, 11) is 0. The molecule has 0 unspecified atom stereocenters. The van der Waals surface area contributed by atoms with Crippen LogP contribution in [-0.2, 0) is 9.47 Å². The van der Waals surface area contributed by atoms with E-state index in [4.69, 9.17) is 10.2 Å². The highest BCUT2D eigenvalue weighted by molar-refractivity contribution is 7.80. The number of aliphatic hydroxyl groups is 2. The van der Waals surface area contributed by atoms with E-state index in [2.05, 4.69) is 34.7 Å². The molecule has 0 amide bonds. The molecule has 0 aromatic carbocycles. The fraction of sp³-hybridized carbons (Fsp3) is 1.00. The zero-order valence-corrected chi connectivity index (χ0v) is 7.46. The fourth-order valence-corrected chi connectivity index (χ4v) is 1.50. The predicted molar refractivity (Wildman–Crippen MR) is 44.6 cm³/mol. The number of rotatable bonds is 2. The third kappa shape index (κ3) is 2.24. The lowest BCUT2D eigenvalue weighted by molar-refractivity contribution is -0.436. The number of ether oxygens (including phenoxy) is 2. The first-order valence-corrected chi connectivity index (χ1v) is 4.37. The van der Waals surface area contributed by atoms with Gasteiger partial charge in [0.05, 0.1) is 0 Å². The molecular formula is C5H10O4S2. The summed E-state index contributed by atoms with van der Waals surface area (Å²) in [6.45, 7) is 0. The van der Waals surface area contributed by atoms with Crippen LogP contribution in [0.5, 0.6) is 0 Å². The minimum atomic E-state index is -2.46. The summed E-state index contributed by atoms with van der Waals surface area (Å²) in [5.41, 5.74) is 0. The molecule has 0 bridgehead atoms. The van der Waals surface area contributed by atoms with Crippen LogP contribution in [0.25, 0.3) is 0 Å². The molecule has 6 heteroatoms. The van der Waals surface area contributed by atoms with Gasteiger partial charge in [-0.1, -0.05) is 0 Å². The van der Waals surface area contributed by atoms with E-state index in [0.29, 0.717) is 11.5 Å². The van der Waals surface area contributed by atoms with E-state index in [9.17, 15) is 0 Å². The molecule has 2 N–H and O–H groups in total. The van der Waals surface area contributed by atoms with Gasteiger partial charge in [0.2, 0.25) is 0 Å². The smallest absolute Gasteiger partial charge is 0.319 e. The summed E-state index contributed by atoms with van der Waals surface area (Å²) in [5.74, 6) is 0.738. The van der Waals surface area contributed by atoms with Gasteiger partial charge in [-0.2, -0.15) is 25.3 Å². The van der Waals surface area contributed by atoms with Crippen LogP contribution in [0.4, 0.5) is 0 Å². The summed E-state index contributed by atoms with van der Waals surface area (Å²) < 4.78 is 9.33. The summed E-state index contributed by atoms with van der Waals surface area (Å²) in [4.78, 5) is 0. The highest BCUT2D eigenvalue weighted by Crippen LogP contribution is 2.25. The topological polar surface area (TPSA) is 58.9 Å². The SMILES string of the molecule is OC1(O)O[C@H](CS)[C@@H](CS)O1. The van der Waals surface area contributed by atoms with Gasteiger partial charge in [0.15, 0.2) is 0 Å². The Kier molecular flexibility index (Phi) is 3.07. The van der Waals surface area contributed by atoms with E-state index >= 15 is 0 Å². The van der Waals surface area contributed by atoms with Crippen LogP contribution in [-0.4, -0.2) is 40.1 Å². The van der Waals surface area contributed by atoms with Gasteiger partial charge in [0, 0.05) is 11.5 Å². The molecule has 0 aromatic heterocycles. The Morgan fingerprint density at radius 3 is 1.73 bits per heavy atom. The summed E-state index contributed by atoms with van der Waals surface area (Å²) >= 11 is 7.89. The first-order chi connectivity index (χ1) is 5.09. The number of hydrogen-bond acceptors (Lipinski definition) is 6. The minimum absolute atomic E-state index is 0.369. The van der Waals surface area contributed by atoms with E-state index in [1.807, 2.05) is 0 Å². The van der Waals surface area contributed by atoms with E-state index in [1.165, 1.54) is 0 Å². The zero-order valence-electron chi connectivity index (χ0n) is 5.67. The van der Waals surface area contributed by atoms with Crippen molar-refractivity contribution in [2.75, 3.05) is 11.5 Å². The highest BCUT2D eigenvalue weighted by Gasteiger charge is 2.44. The maximum atomic E-state index is 8.84. The van der Waals surface area contributed by atoms with Gasteiger partial charge in [-0.05, 0) is 0 Å². The Bertz CT molecular complexity index is 126. The van der Waals surface area contributed by atoms with Crippen molar-refractivity contribution in [1.82, 2.24) is 0 Å². The van der Waals surface area contributed by atoms with Crippen molar-refractivity contribution in [1.29, 1.82) is 0 Å². The van der Waals surface area contributed by atoms with E-state index in [1.54, 1.807) is 0 Å². The molecule has 66 valence electrons. The van der Waals surface area contributed by atoms with E-state index < -0.39 is 18.4 Å². The van der Waals surface area contributed by atoms with Gasteiger partial charge in [-0.25, -0.2) is 0 Å². The first kappa shape index (κ1) is 9.63. The molecule has 0 aliphatic carbocycles. The van der Waals surface area contributed by atoms with Crippen LogP contribution in [0.3, 0.4) is 0 Å². The normalized spacial score (nSPS) is 36.0. The van der Waals surface area contributed by atoms with Crippen molar-refractivity contribution in [3.05, 3.63) is 0 Å². The molecule has 11 heavy (non-hydrogen) atoms. The third-order valence-corrected chi connectivity index (χ3v) is 2.10. The second kappa shape index (κ2) is 3.51. The maximum Gasteiger partial charge on any atom is 0.408 e. The van der Waals surface area contributed by atoms with Crippen molar-refractivity contribution >= 4 is 25.3 Å². The van der Waals surface area contributed by atoms with Gasteiger partial charge in [-0.15, -0.1) is 0 Å². The minimum Gasteiger partial charge on any atom is -0.319 e. The van der Waals surface area contributed by atoms with Gasteiger partial charge in [-0.3, -0.25) is 9.47 Å². The lowest BCUT2D eigenvalue weighted by Gasteiger charge is -2.11. The third-order valence-electron chi connectivity index (χ3n) is 1.38. The molecule has 4 nitrogen and oxygen atoms in total. The monoisotopic (exact) mass is 198 g/mol. The Labute approximate surface area is 75.3 Å². The molecular weight excluding hydrogens is 188 g/mol. The highest BCUT2D eigenvalue weighted by atomic mass is 32.1. The lowest BCUT2D eigenvalue weighted by Crippen LogP contribution is -2.29. The van der Waals surface area contributed by atoms with Gasteiger partial charge >= 0.3 is 6.16 Å². The molecule has 0 saturated carbocycles. The van der Waals surface area contributed by atoms with Crippen LogP contribution in [0.15, 0.2) is 0 Å². The van der Waals surface area contributed by atoms with Crippen LogP contribution in [0.2, 0.25) is 0 Å². The Hall–Kier alpha value is 0.540. The molecule has 1 saturated heterocycles. The van der Waals surface area contributed by atoms with Crippen LogP contribution in [0, 0.1) is 0 Å². The van der Waals surface area contributed by atoms with Crippen LogP contribution < -0.4 is 0 Å². The molecule has 1 rings (SSSR count). The average molecular weight is 198 g/mol. The first-order valence-electron chi connectivity index (χ1n) is 3.11. The quantitative estimate of drug-likeness (QED) is 0.347. The van der Waals surface area contributed by atoms with Crippen molar-refractivity contribution < 1.29 is 19.7 Å². The van der Waals surface area contributed by atoms with E-state index in [0.717, 1.165) is 0 Å². The second-order valence-electron chi connectivity index (χ2n) is 2.23. The van der Waals surface area contributed by atoms with Crippen molar-refractivity contribution in [3.63, 3.8) is 0 Å². The van der Waals surface area contributed by atoms with Gasteiger partial charge < -0.3 is 10.2 Å². The van der Waals surface area contributed by atoms with E-state index in [-0.39, 0.29) is 0 Å². The van der Waals surface area contributed by atoms with Crippen LogP contribution >= 0.6 is 25.3 Å². The molecule has 1 aliphatic heterocycles. The van der Waals surface area contributed by atoms with Crippen molar-refractivity contribution in [2.45, 2.75) is 18.4 Å². The predicted octanol–water partition coefficient (Wildman–Crippen LogP) is -0.774. The number of thiol groups is 2. The molecule has 1 heterocycles. The Morgan fingerprint density at radius 1 is 1.09 bits per heavy atom. The second-order valence-corrected chi connectivity index (χ2v) is 2.96. The molecule has 1 aliphatic rings. The zero-order chi connectivity index (χ0) is 8.48. The molecule has 0 aromatic rings. The summed E-state index contributed by atoms with van der Waals surface area (Å²) in [5, 5.41) is 17.7.